The van der Waals surface area contributed by atoms with Gasteiger partial charge in [0.15, 0.2) is 0 Å². The molecule has 0 spiro atoms. The lowest BCUT2D eigenvalue weighted by molar-refractivity contribution is -0.122. The molecule has 1 aliphatic rings. The van der Waals surface area contributed by atoms with E-state index in [2.05, 4.69) is 21.2 Å². The first kappa shape index (κ1) is 15.7. The molecule has 0 bridgehead atoms. The molecule has 1 saturated heterocycles. The Bertz CT molecular complexity index is 638. The fourth-order valence-corrected chi connectivity index (χ4v) is 4.26. The summed E-state index contributed by atoms with van der Waals surface area (Å²) in [5, 5.41) is 3.37. The van der Waals surface area contributed by atoms with Crippen LogP contribution in [0, 0.1) is 0 Å². The van der Waals surface area contributed by atoms with Crippen molar-refractivity contribution in [2.45, 2.75) is 10.9 Å². The van der Waals surface area contributed by atoms with Gasteiger partial charge in [0, 0.05) is 24.1 Å². The summed E-state index contributed by atoms with van der Waals surface area (Å²) >= 11 is 9.04. The minimum absolute atomic E-state index is 0.0712. The number of nitrogens with zero attached hydrogens (tertiary/aromatic N) is 1. The molecule has 3 N–H and O–H groups in total. The maximum Gasteiger partial charge on any atom is 0.243 e. The molecule has 20 heavy (non-hydrogen) atoms. The van der Waals surface area contributed by atoms with Gasteiger partial charge in [0.2, 0.25) is 15.9 Å². The lowest BCUT2D eigenvalue weighted by Gasteiger charge is -2.33. The molecule has 0 radical (unpaired) electrons. The van der Waals surface area contributed by atoms with Gasteiger partial charge in [-0.1, -0.05) is 11.6 Å². The number of hydrogen-bond acceptors (Lipinski definition) is 4. The van der Waals surface area contributed by atoms with Crippen LogP contribution in [0.4, 0.5) is 0 Å². The van der Waals surface area contributed by atoms with Crippen molar-refractivity contribution in [2.75, 3.05) is 19.6 Å². The number of primary amides is 1. The Kier molecular flexibility index (Phi) is 4.70. The molecule has 0 aromatic heterocycles. The second-order valence-corrected chi connectivity index (χ2v) is 7.47. The van der Waals surface area contributed by atoms with Crippen molar-refractivity contribution in [3.63, 3.8) is 0 Å². The molecule has 1 aromatic carbocycles. The van der Waals surface area contributed by atoms with E-state index >= 15 is 0 Å². The number of sulfonamides is 1. The van der Waals surface area contributed by atoms with Gasteiger partial charge in [-0.15, -0.1) is 0 Å². The molecule has 6 nitrogen and oxygen atoms in total. The van der Waals surface area contributed by atoms with Gasteiger partial charge in [-0.2, -0.15) is 4.31 Å². The van der Waals surface area contributed by atoms with E-state index in [9.17, 15) is 13.2 Å². The second-order valence-electron chi connectivity index (χ2n) is 4.31. The van der Waals surface area contributed by atoms with Crippen LogP contribution in [0.2, 0.25) is 5.02 Å². The van der Waals surface area contributed by atoms with Crippen LogP contribution >= 0.6 is 27.5 Å². The second kappa shape index (κ2) is 5.98. The molecule has 1 amide bonds. The lowest BCUT2D eigenvalue weighted by atomic mass is 10.2. The first-order valence-corrected chi connectivity index (χ1v) is 8.42. The van der Waals surface area contributed by atoms with Crippen molar-refractivity contribution in [1.29, 1.82) is 0 Å². The van der Waals surface area contributed by atoms with E-state index < -0.39 is 22.0 Å². The zero-order valence-corrected chi connectivity index (χ0v) is 13.5. The normalized spacial score (nSPS) is 20.8. The third-order valence-electron chi connectivity index (χ3n) is 3.02. The van der Waals surface area contributed by atoms with Crippen LogP contribution < -0.4 is 11.1 Å². The lowest BCUT2D eigenvalue weighted by Crippen LogP contribution is -2.58. The van der Waals surface area contributed by atoms with Crippen LogP contribution in [0.15, 0.2) is 27.6 Å². The summed E-state index contributed by atoms with van der Waals surface area (Å²) in [6, 6.07) is 3.42. The van der Waals surface area contributed by atoms with E-state index in [1.165, 1.54) is 18.2 Å². The number of carbonyl (C=O) groups is 1. The minimum atomic E-state index is -3.79. The van der Waals surface area contributed by atoms with Crippen LogP contribution in [0.3, 0.4) is 0 Å². The number of benzene rings is 1. The Balaban J connectivity index is 2.42. The minimum Gasteiger partial charge on any atom is -0.368 e. The Labute approximate surface area is 130 Å². The smallest absolute Gasteiger partial charge is 0.243 e. The highest BCUT2D eigenvalue weighted by molar-refractivity contribution is 9.10. The molecule has 0 saturated carbocycles. The van der Waals surface area contributed by atoms with Gasteiger partial charge in [0.1, 0.15) is 6.04 Å². The van der Waals surface area contributed by atoms with Gasteiger partial charge < -0.3 is 11.1 Å². The van der Waals surface area contributed by atoms with Gasteiger partial charge in [0.25, 0.3) is 0 Å². The van der Waals surface area contributed by atoms with E-state index in [1.54, 1.807) is 0 Å². The molecular formula is C11H13BrClN3O3S. The van der Waals surface area contributed by atoms with Crippen molar-refractivity contribution in [2.24, 2.45) is 5.73 Å². The zero-order chi connectivity index (χ0) is 14.9. The SMILES string of the molecule is NC(=O)C1CNCCN1S(=O)(=O)c1ccc(Cl)c(Br)c1. The number of piperazine rings is 1. The highest BCUT2D eigenvalue weighted by Gasteiger charge is 2.36. The van der Waals surface area contributed by atoms with E-state index in [0.29, 0.717) is 16.0 Å². The Morgan fingerprint density at radius 3 is 2.80 bits per heavy atom. The molecule has 1 heterocycles. The summed E-state index contributed by atoms with van der Waals surface area (Å²) in [5.74, 6) is -0.672. The third kappa shape index (κ3) is 2.99. The molecule has 110 valence electrons. The third-order valence-corrected chi connectivity index (χ3v) is 6.14. The topological polar surface area (TPSA) is 92.5 Å². The van der Waals surface area contributed by atoms with E-state index in [4.69, 9.17) is 17.3 Å². The van der Waals surface area contributed by atoms with E-state index in [1.807, 2.05) is 0 Å². The quantitative estimate of drug-likeness (QED) is 0.798. The maximum atomic E-state index is 12.6. The Morgan fingerprint density at radius 2 is 2.20 bits per heavy atom. The predicted molar refractivity (Wildman–Crippen MR) is 78.9 cm³/mol. The Morgan fingerprint density at radius 1 is 1.50 bits per heavy atom. The van der Waals surface area contributed by atoms with Gasteiger partial charge in [-0.3, -0.25) is 4.79 Å². The average Bonchev–Trinajstić information content (AvgIpc) is 2.41. The highest BCUT2D eigenvalue weighted by Crippen LogP contribution is 2.27. The highest BCUT2D eigenvalue weighted by atomic mass is 79.9. The molecule has 1 aromatic rings. The number of amides is 1. The van der Waals surface area contributed by atoms with Crippen LogP contribution in [0.5, 0.6) is 0 Å². The molecule has 9 heteroatoms. The Hall–Kier alpha value is -0.670. The first-order valence-electron chi connectivity index (χ1n) is 5.81. The van der Waals surface area contributed by atoms with Crippen molar-refractivity contribution in [3.05, 3.63) is 27.7 Å². The zero-order valence-electron chi connectivity index (χ0n) is 10.3. The number of halogens is 2. The summed E-state index contributed by atoms with van der Waals surface area (Å²) in [4.78, 5) is 11.5. The number of nitrogens with two attached hydrogens (primary N) is 1. The monoisotopic (exact) mass is 381 g/mol. The summed E-state index contributed by atoms with van der Waals surface area (Å²) < 4.78 is 26.8. The van der Waals surface area contributed by atoms with Crippen LogP contribution in [-0.4, -0.2) is 44.3 Å². The van der Waals surface area contributed by atoms with Gasteiger partial charge >= 0.3 is 0 Å². The van der Waals surface area contributed by atoms with Gasteiger partial charge in [-0.05, 0) is 34.1 Å². The number of rotatable bonds is 3. The van der Waals surface area contributed by atoms with E-state index in [0.717, 1.165) is 4.31 Å². The fraction of sp³-hybridized carbons (Fsp3) is 0.364. The molecule has 2 rings (SSSR count). The summed E-state index contributed by atoms with van der Waals surface area (Å²) in [6.45, 7) is 0.872. The van der Waals surface area contributed by atoms with Crippen molar-refractivity contribution in [1.82, 2.24) is 9.62 Å². The predicted octanol–water partition coefficient (Wildman–Crippen LogP) is 0.550. The van der Waals surface area contributed by atoms with Gasteiger partial charge in [-0.25, -0.2) is 8.42 Å². The van der Waals surface area contributed by atoms with Crippen molar-refractivity contribution >= 4 is 43.5 Å². The number of hydrogen-bond donors (Lipinski definition) is 2. The van der Waals surface area contributed by atoms with E-state index in [-0.39, 0.29) is 18.0 Å². The van der Waals surface area contributed by atoms with Crippen LogP contribution in [0.1, 0.15) is 0 Å². The molecule has 1 aliphatic heterocycles. The maximum absolute atomic E-state index is 12.6. The first-order chi connectivity index (χ1) is 9.34. The largest absolute Gasteiger partial charge is 0.368 e. The molecule has 1 atom stereocenters. The molecular weight excluding hydrogens is 370 g/mol. The number of carbonyl (C=O) groups excluding carboxylic acids is 1. The number of nitrogens with one attached hydrogen (secondary N) is 1. The fourth-order valence-electron chi connectivity index (χ4n) is 1.99. The standard InChI is InChI=1S/C11H13BrClN3O3S/c12-8-5-7(1-2-9(8)13)20(18,19)16-4-3-15-6-10(16)11(14)17/h1-2,5,10,15H,3-4,6H2,(H2,14,17). The van der Waals surface area contributed by atoms with Crippen LogP contribution in [0.25, 0.3) is 0 Å². The van der Waals surface area contributed by atoms with Crippen molar-refractivity contribution < 1.29 is 13.2 Å². The van der Waals surface area contributed by atoms with Gasteiger partial charge in [0.05, 0.1) is 9.92 Å². The molecule has 1 unspecified atom stereocenters. The van der Waals surface area contributed by atoms with Crippen LogP contribution in [-0.2, 0) is 14.8 Å². The molecule has 0 aliphatic carbocycles. The summed E-state index contributed by atoms with van der Waals surface area (Å²) in [7, 11) is -3.79. The summed E-state index contributed by atoms with van der Waals surface area (Å²) in [5.41, 5.74) is 5.27. The average molecular weight is 383 g/mol. The van der Waals surface area contributed by atoms with Crippen molar-refractivity contribution in [3.8, 4) is 0 Å². The summed E-state index contributed by atoms with van der Waals surface area (Å²) in [6.07, 6.45) is 0. The molecule has 1 fully saturated rings.